The summed E-state index contributed by atoms with van der Waals surface area (Å²) in [6, 6.07) is 0.751. The van der Waals surface area contributed by atoms with Gasteiger partial charge in [-0.1, -0.05) is 0 Å². The molecule has 0 spiro atoms. The fourth-order valence-electron chi connectivity index (χ4n) is 1.90. The highest BCUT2D eigenvalue weighted by Crippen LogP contribution is 2.23. The number of hydrogen-bond acceptors (Lipinski definition) is 3. The number of hydrogen-bond donors (Lipinski definition) is 2. The van der Waals surface area contributed by atoms with Gasteiger partial charge in [-0.25, -0.2) is 0 Å². The van der Waals surface area contributed by atoms with Gasteiger partial charge in [-0.15, -0.1) is 24.8 Å². The predicted molar refractivity (Wildman–Crippen MR) is 62.6 cm³/mol. The molecule has 0 radical (unpaired) electrons. The summed E-state index contributed by atoms with van der Waals surface area (Å²) in [7, 11) is 0. The zero-order chi connectivity index (χ0) is 8.60. The molecule has 5 heteroatoms. The second-order valence-electron chi connectivity index (χ2n) is 4.34. The van der Waals surface area contributed by atoms with Gasteiger partial charge in [0, 0.05) is 32.2 Å². The number of halogens is 2. The Morgan fingerprint density at radius 2 is 1.71 bits per heavy atom. The van der Waals surface area contributed by atoms with Gasteiger partial charge in [-0.05, 0) is 19.8 Å². The minimum absolute atomic E-state index is 0. The third-order valence-electron chi connectivity index (χ3n) is 3.15. The average Bonchev–Trinajstić information content (AvgIpc) is 1.89. The van der Waals surface area contributed by atoms with Gasteiger partial charge in [0.1, 0.15) is 0 Å². The molecule has 0 bridgehead atoms. The molecule has 86 valence electrons. The molecule has 0 aromatic heterocycles. The smallest absolute Gasteiger partial charge is 0.0644 e. The number of piperidine rings is 1. The summed E-state index contributed by atoms with van der Waals surface area (Å²) in [6.07, 6.45) is 1.87. The Morgan fingerprint density at radius 3 is 2.07 bits per heavy atom. The molecule has 2 heterocycles. The number of aliphatic hydroxyl groups is 1. The van der Waals surface area contributed by atoms with Crippen molar-refractivity contribution in [3.05, 3.63) is 0 Å². The Balaban J connectivity index is 0.000000845. The number of nitrogens with one attached hydrogen (secondary N) is 1. The van der Waals surface area contributed by atoms with Crippen molar-refractivity contribution < 1.29 is 5.11 Å². The molecule has 2 aliphatic rings. The van der Waals surface area contributed by atoms with E-state index < -0.39 is 5.60 Å². The zero-order valence-corrected chi connectivity index (χ0v) is 10.2. The summed E-state index contributed by atoms with van der Waals surface area (Å²) in [4.78, 5) is 2.49. The zero-order valence-electron chi connectivity index (χ0n) is 8.53. The summed E-state index contributed by atoms with van der Waals surface area (Å²) in [5, 5.41) is 13.0. The van der Waals surface area contributed by atoms with Crippen molar-refractivity contribution >= 4 is 24.8 Å². The fourth-order valence-corrected chi connectivity index (χ4v) is 1.90. The van der Waals surface area contributed by atoms with E-state index in [1.165, 1.54) is 0 Å². The summed E-state index contributed by atoms with van der Waals surface area (Å²) in [6.45, 7) is 6.37. The summed E-state index contributed by atoms with van der Waals surface area (Å²) in [5.41, 5.74) is -0.395. The van der Waals surface area contributed by atoms with Crippen LogP contribution in [0.1, 0.15) is 19.8 Å². The third-order valence-corrected chi connectivity index (χ3v) is 3.15. The molecular formula is C9H20Cl2N2O. The molecule has 0 aromatic rings. The number of nitrogens with zero attached hydrogens (tertiary/aromatic N) is 1. The van der Waals surface area contributed by atoms with E-state index in [2.05, 4.69) is 10.2 Å². The minimum Gasteiger partial charge on any atom is -0.390 e. The van der Waals surface area contributed by atoms with Gasteiger partial charge in [0.2, 0.25) is 0 Å². The molecule has 0 unspecified atom stereocenters. The molecule has 2 saturated heterocycles. The van der Waals surface area contributed by atoms with E-state index >= 15 is 0 Å². The molecule has 3 nitrogen and oxygen atoms in total. The fraction of sp³-hybridized carbons (Fsp3) is 1.00. The van der Waals surface area contributed by atoms with Crippen LogP contribution in [0.15, 0.2) is 0 Å². The Morgan fingerprint density at radius 1 is 1.21 bits per heavy atom. The first-order valence-electron chi connectivity index (χ1n) is 4.84. The van der Waals surface area contributed by atoms with E-state index in [0.29, 0.717) is 0 Å². The molecule has 2 rings (SSSR count). The van der Waals surface area contributed by atoms with Gasteiger partial charge in [0.15, 0.2) is 0 Å². The standard InChI is InChI=1S/C9H18N2O.2ClH/c1-9(12)2-4-11(5-3-9)8-6-10-7-8;;/h8,10,12H,2-7H2,1H3;2*1H. The van der Waals surface area contributed by atoms with Crippen molar-refractivity contribution in [1.29, 1.82) is 0 Å². The lowest BCUT2D eigenvalue weighted by molar-refractivity contribution is -0.0227. The molecule has 0 aromatic carbocycles. The predicted octanol–water partition coefficient (Wildman–Crippen LogP) is 0.649. The first kappa shape index (κ1) is 14.5. The van der Waals surface area contributed by atoms with Gasteiger partial charge in [-0.2, -0.15) is 0 Å². The molecule has 0 amide bonds. The van der Waals surface area contributed by atoms with Gasteiger partial charge < -0.3 is 10.4 Å². The largest absolute Gasteiger partial charge is 0.390 e. The summed E-state index contributed by atoms with van der Waals surface area (Å²) < 4.78 is 0. The molecule has 0 atom stereocenters. The van der Waals surface area contributed by atoms with Crippen LogP contribution in [-0.4, -0.2) is 47.8 Å². The summed E-state index contributed by atoms with van der Waals surface area (Å²) >= 11 is 0. The SMILES string of the molecule is CC1(O)CCN(C2CNC2)CC1.Cl.Cl. The van der Waals surface area contributed by atoms with E-state index in [0.717, 1.165) is 45.1 Å². The molecule has 0 aliphatic carbocycles. The number of likely N-dealkylation sites (tertiary alicyclic amines) is 1. The highest BCUT2D eigenvalue weighted by molar-refractivity contribution is 5.85. The first-order valence-corrected chi connectivity index (χ1v) is 4.84. The normalized spacial score (nSPS) is 27.0. The number of rotatable bonds is 1. The van der Waals surface area contributed by atoms with E-state index in [-0.39, 0.29) is 24.8 Å². The second-order valence-corrected chi connectivity index (χ2v) is 4.34. The first-order chi connectivity index (χ1) is 5.67. The van der Waals surface area contributed by atoms with Crippen molar-refractivity contribution in [2.75, 3.05) is 26.2 Å². The summed E-state index contributed by atoms with van der Waals surface area (Å²) in [5.74, 6) is 0. The van der Waals surface area contributed by atoms with Crippen LogP contribution in [0.4, 0.5) is 0 Å². The van der Waals surface area contributed by atoms with Crippen LogP contribution < -0.4 is 5.32 Å². The van der Waals surface area contributed by atoms with Crippen molar-refractivity contribution in [2.45, 2.75) is 31.4 Å². The maximum absolute atomic E-state index is 9.72. The highest BCUT2D eigenvalue weighted by atomic mass is 35.5. The van der Waals surface area contributed by atoms with Crippen LogP contribution in [0.25, 0.3) is 0 Å². The van der Waals surface area contributed by atoms with E-state index in [4.69, 9.17) is 0 Å². The Hall–Kier alpha value is 0.460. The quantitative estimate of drug-likeness (QED) is 0.709. The van der Waals surface area contributed by atoms with Crippen LogP contribution in [0.5, 0.6) is 0 Å². The minimum atomic E-state index is -0.395. The molecule has 2 aliphatic heterocycles. The van der Waals surface area contributed by atoms with Crippen molar-refractivity contribution in [2.24, 2.45) is 0 Å². The van der Waals surface area contributed by atoms with Crippen molar-refractivity contribution in [1.82, 2.24) is 10.2 Å². The Labute approximate surface area is 98.1 Å². The molecule has 0 saturated carbocycles. The molecule has 2 N–H and O–H groups in total. The Bertz CT molecular complexity index is 164. The lowest BCUT2D eigenvalue weighted by atomic mass is 9.92. The maximum atomic E-state index is 9.72. The molecule has 14 heavy (non-hydrogen) atoms. The Kier molecular flexibility index (Phi) is 5.70. The lowest BCUT2D eigenvalue weighted by Gasteiger charge is -2.43. The highest BCUT2D eigenvalue weighted by Gasteiger charge is 2.32. The third kappa shape index (κ3) is 3.24. The van der Waals surface area contributed by atoms with Crippen LogP contribution in [0, 0.1) is 0 Å². The average molecular weight is 243 g/mol. The van der Waals surface area contributed by atoms with E-state index in [9.17, 15) is 5.11 Å². The van der Waals surface area contributed by atoms with Gasteiger partial charge in [-0.3, -0.25) is 4.90 Å². The maximum Gasteiger partial charge on any atom is 0.0644 e. The van der Waals surface area contributed by atoms with Crippen LogP contribution in [0.2, 0.25) is 0 Å². The molecule has 2 fully saturated rings. The van der Waals surface area contributed by atoms with Gasteiger partial charge in [0.05, 0.1) is 5.60 Å². The van der Waals surface area contributed by atoms with Crippen molar-refractivity contribution in [3.63, 3.8) is 0 Å². The lowest BCUT2D eigenvalue weighted by Crippen LogP contribution is -2.60. The van der Waals surface area contributed by atoms with Gasteiger partial charge in [0.25, 0.3) is 0 Å². The van der Waals surface area contributed by atoms with Crippen LogP contribution in [0.3, 0.4) is 0 Å². The monoisotopic (exact) mass is 242 g/mol. The van der Waals surface area contributed by atoms with E-state index in [1.807, 2.05) is 6.92 Å². The van der Waals surface area contributed by atoms with Crippen LogP contribution in [-0.2, 0) is 0 Å². The topological polar surface area (TPSA) is 35.5 Å². The van der Waals surface area contributed by atoms with Crippen LogP contribution >= 0.6 is 24.8 Å². The van der Waals surface area contributed by atoms with E-state index in [1.54, 1.807) is 0 Å². The second kappa shape index (κ2) is 5.52. The van der Waals surface area contributed by atoms with Gasteiger partial charge >= 0.3 is 0 Å². The molecular weight excluding hydrogens is 223 g/mol. The van der Waals surface area contributed by atoms with Crippen molar-refractivity contribution in [3.8, 4) is 0 Å².